The van der Waals surface area contributed by atoms with Crippen LogP contribution in [0.25, 0.3) is 16.7 Å². The second-order valence-corrected chi connectivity index (χ2v) is 4.94. The quantitative estimate of drug-likeness (QED) is 0.549. The number of aromatic nitrogens is 3. The predicted octanol–water partition coefficient (Wildman–Crippen LogP) is 2.61. The summed E-state index contributed by atoms with van der Waals surface area (Å²) in [5.41, 5.74) is 9.40. The standard InChI is InChI=1S/C12H9IN4/c13-8-5-6-11(9(14)7-8)17-12-4-2-1-3-10(12)15-16-17/h1-7H,14H2. The summed E-state index contributed by atoms with van der Waals surface area (Å²) in [5, 5.41) is 8.25. The average molecular weight is 336 g/mol. The van der Waals surface area contributed by atoms with Crippen molar-refractivity contribution in [3.8, 4) is 5.69 Å². The number of hydrogen-bond acceptors (Lipinski definition) is 3. The highest BCUT2D eigenvalue weighted by Gasteiger charge is 2.08. The molecular formula is C12H9IN4. The van der Waals surface area contributed by atoms with Gasteiger partial charge in [0.2, 0.25) is 0 Å². The lowest BCUT2D eigenvalue weighted by Gasteiger charge is -2.06. The van der Waals surface area contributed by atoms with Crippen LogP contribution in [-0.2, 0) is 0 Å². The summed E-state index contributed by atoms with van der Waals surface area (Å²) < 4.78 is 2.87. The zero-order valence-electron chi connectivity index (χ0n) is 8.84. The van der Waals surface area contributed by atoms with Gasteiger partial charge in [-0.25, -0.2) is 4.68 Å². The smallest absolute Gasteiger partial charge is 0.113 e. The van der Waals surface area contributed by atoms with Gasteiger partial charge in [0.15, 0.2) is 0 Å². The fraction of sp³-hybridized carbons (Fsp3) is 0. The Kier molecular flexibility index (Phi) is 2.47. The van der Waals surface area contributed by atoms with E-state index in [2.05, 4.69) is 32.9 Å². The molecule has 3 rings (SSSR count). The number of benzene rings is 2. The number of nitrogen functional groups attached to an aromatic ring is 1. The van der Waals surface area contributed by atoms with Crippen LogP contribution in [0.1, 0.15) is 0 Å². The third-order valence-electron chi connectivity index (χ3n) is 2.57. The lowest BCUT2D eigenvalue weighted by molar-refractivity contribution is 0.825. The van der Waals surface area contributed by atoms with Crippen LogP contribution in [0.4, 0.5) is 5.69 Å². The molecule has 5 heteroatoms. The van der Waals surface area contributed by atoms with Crippen LogP contribution < -0.4 is 5.73 Å². The summed E-state index contributed by atoms with van der Waals surface area (Å²) in [5.74, 6) is 0. The molecule has 0 saturated carbocycles. The van der Waals surface area contributed by atoms with Gasteiger partial charge in [-0.2, -0.15) is 0 Å². The van der Waals surface area contributed by atoms with Gasteiger partial charge in [-0.05, 0) is 52.9 Å². The Morgan fingerprint density at radius 2 is 1.94 bits per heavy atom. The van der Waals surface area contributed by atoms with E-state index in [9.17, 15) is 0 Å². The number of hydrogen-bond donors (Lipinski definition) is 1. The van der Waals surface area contributed by atoms with Crippen molar-refractivity contribution in [2.45, 2.75) is 0 Å². The summed E-state index contributed by atoms with van der Waals surface area (Å²) in [7, 11) is 0. The number of nitrogens with two attached hydrogens (primary N) is 1. The molecule has 0 fully saturated rings. The van der Waals surface area contributed by atoms with E-state index in [1.807, 2.05) is 42.5 Å². The first-order valence-electron chi connectivity index (χ1n) is 5.11. The molecule has 0 aliphatic rings. The zero-order chi connectivity index (χ0) is 11.8. The molecule has 1 aromatic heterocycles. The average Bonchev–Trinajstić information content (AvgIpc) is 2.73. The van der Waals surface area contributed by atoms with Gasteiger partial charge >= 0.3 is 0 Å². The van der Waals surface area contributed by atoms with Crippen molar-refractivity contribution >= 4 is 39.3 Å². The van der Waals surface area contributed by atoms with Crippen LogP contribution in [-0.4, -0.2) is 15.0 Å². The molecule has 3 aromatic rings. The van der Waals surface area contributed by atoms with Gasteiger partial charge in [0.05, 0.1) is 16.9 Å². The maximum atomic E-state index is 6.01. The van der Waals surface area contributed by atoms with Crippen molar-refractivity contribution < 1.29 is 0 Å². The highest BCUT2D eigenvalue weighted by Crippen LogP contribution is 2.22. The molecule has 1 heterocycles. The van der Waals surface area contributed by atoms with Gasteiger partial charge in [-0.3, -0.25) is 0 Å². The molecular weight excluding hydrogens is 327 g/mol. The topological polar surface area (TPSA) is 56.7 Å². The Morgan fingerprint density at radius 1 is 1.12 bits per heavy atom. The van der Waals surface area contributed by atoms with Gasteiger partial charge in [0, 0.05) is 3.57 Å². The monoisotopic (exact) mass is 336 g/mol. The molecule has 0 aliphatic carbocycles. The minimum Gasteiger partial charge on any atom is -0.397 e. The summed E-state index contributed by atoms with van der Waals surface area (Å²) in [6.45, 7) is 0. The summed E-state index contributed by atoms with van der Waals surface area (Å²) >= 11 is 2.23. The molecule has 0 bridgehead atoms. The first kappa shape index (κ1) is 10.5. The number of halogens is 1. The van der Waals surface area contributed by atoms with Crippen LogP contribution in [0.5, 0.6) is 0 Å². The van der Waals surface area contributed by atoms with Gasteiger partial charge in [-0.15, -0.1) is 5.10 Å². The first-order chi connectivity index (χ1) is 8.25. The number of para-hydroxylation sites is 1. The van der Waals surface area contributed by atoms with Crippen LogP contribution in [0, 0.1) is 3.57 Å². The van der Waals surface area contributed by atoms with E-state index in [0.29, 0.717) is 5.69 Å². The lowest BCUT2D eigenvalue weighted by Crippen LogP contribution is -2.01. The molecule has 2 aromatic carbocycles. The Hall–Kier alpha value is -1.63. The molecule has 84 valence electrons. The van der Waals surface area contributed by atoms with E-state index in [4.69, 9.17) is 5.73 Å². The van der Waals surface area contributed by atoms with Crippen molar-refractivity contribution in [2.75, 3.05) is 5.73 Å². The Labute approximate surface area is 112 Å². The van der Waals surface area contributed by atoms with E-state index in [-0.39, 0.29) is 0 Å². The van der Waals surface area contributed by atoms with Gasteiger partial charge in [0.25, 0.3) is 0 Å². The first-order valence-corrected chi connectivity index (χ1v) is 6.19. The molecule has 0 spiro atoms. The van der Waals surface area contributed by atoms with Crippen LogP contribution in [0.15, 0.2) is 42.5 Å². The fourth-order valence-electron chi connectivity index (χ4n) is 1.77. The maximum absolute atomic E-state index is 6.01. The summed E-state index contributed by atoms with van der Waals surface area (Å²) in [6.07, 6.45) is 0. The Morgan fingerprint density at radius 3 is 2.76 bits per heavy atom. The van der Waals surface area contributed by atoms with E-state index >= 15 is 0 Å². The number of anilines is 1. The predicted molar refractivity (Wildman–Crippen MR) is 76.0 cm³/mol. The fourth-order valence-corrected chi connectivity index (χ4v) is 2.28. The van der Waals surface area contributed by atoms with Crippen molar-refractivity contribution in [1.29, 1.82) is 0 Å². The summed E-state index contributed by atoms with van der Waals surface area (Å²) in [6, 6.07) is 13.7. The van der Waals surface area contributed by atoms with Gasteiger partial charge in [-0.1, -0.05) is 17.3 Å². The number of rotatable bonds is 1. The number of nitrogens with zero attached hydrogens (tertiary/aromatic N) is 3. The Bertz CT molecular complexity index is 690. The molecule has 0 radical (unpaired) electrons. The van der Waals surface area contributed by atoms with Crippen LogP contribution in [0.2, 0.25) is 0 Å². The zero-order valence-corrected chi connectivity index (χ0v) is 11.0. The summed E-state index contributed by atoms with van der Waals surface area (Å²) in [4.78, 5) is 0. The highest BCUT2D eigenvalue weighted by molar-refractivity contribution is 14.1. The van der Waals surface area contributed by atoms with Crippen LogP contribution in [0.3, 0.4) is 0 Å². The van der Waals surface area contributed by atoms with Gasteiger partial charge in [0.1, 0.15) is 5.52 Å². The third-order valence-corrected chi connectivity index (χ3v) is 3.24. The Balaban J connectivity index is 2.27. The van der Waals surface area contributed by atoms with E-state index in [1.54, 1.807) is 4.68 Å². The van der Waals surface area contributed by atoms with Crippen molar-refractivity contribution in [2.24, 2.45) is 0 Å². The third kappa shape index (κ3) is 1.76. The van der Waals surface area contributed by atoms with Crippen molar-refractivity contribution in [3.63, 3.8) is 0 Å². The number of fused-ring (bicyclic) bond motifs is 1. The second-order valence-electron chi connectivity index (χ2n) is 3.69. The van der Waals surface area contributed by atoms with E-state index in [1.165, 1.54) is 0 Å². The minimum absolute atomic E-state index is 0.701. The van der Waals surface area contributed by atoms with E-state index in [0.717, 1.165) is 20.3 Å². The highest BCUT2D eigenvalue weighted by atomic mass is 127. The van der Waals surface area contributed by atoms with Crippen molar-refractivity contribution in [1.82, 2.24) is 15.0 Å². The molecule has 0 unspecified atom stereocenters. The molecule has 4 nitrogen and oxygen atoms in total. The largest absolute Gasteiger partial charge is 0.397 e. The van der Waals surface area contributed by atoms with Crippen molar-refractivity contribution in [3.05, 3.63) is 46.0 Å². The molecule has 17 heavy (non-hydrogen) atoms. The normalized spacial score (nSPS) is 10.9. The van der Waals surface area contributed by atoms with Gasteiger partial charge < -0.3 is 5.73 Å². The second kappa shape index (κ2) is 3.99. The van der Waals surface area contributed by atoms with Crippen LogP contribution >= 0.6 is 22.6 Å². The molecule has 0 aliphatic heterocycles. The van der Waals surface area contributed by atoms with E-state index < -0.39 is 0 Å². The minimum atomic E-state index is 0.701. The molecule has 0 atom stereocenters. The maximum Gasteiger partial charge on any atom is 0.113 e. The molecule has 0 saturated heterocycles. The lowest BCUT2D eigenvalue weighted by atomic mass is 10.2. The molecule has 0 amide bonds. The molecule has 2 N–H and O–H groups in total. The SMILES string of the molecule is Nc1cc(I)ccc1-n1nnc2ccccc21.